The SMILES string of the molecule is O=C(NCC1(O)CCCC1)Nc1cccc(Cl)c1Cl. The fourth-order valence-corrected chi connectivity index (χ4v) is 2.57. The van der Waals surface area contributed by atoms with Crippen LogP contribution in [0.5, 0.6) is 0 Å². The molecule has 0 saturated heterocycles. The van der Waals surface area contributed by atoms with Crippen LogP contribution in [0.15, 0.2) is 18.2 Å². The molecule has 0 unspecified atom stereocenters. The molecule has 1 saturated carbocycles. The van der Waals surface area contributed by atoms with Crippen LogP contribution in [0.25, 0.3) is 0 Å². The van der Waals surface area contributed by atoms with E-state index < -0.39 is 11.6 Å². The molecule has 1 aliphatic carbocycles. The Kier molecular flexibility index (Phi) is 4.55. The molecule has 1 fully saturated rings. The average Bonchev–Trinajstić information content (AvgIpc) is 2.80. The van der Waals surface area contributed by atoms with E-state index in [1.54, 1.807) is 18.2 Å². The predicted octanol–water partition coefficient (Wildman–Crippen LogP) is 3.42. The van der Waals surface area contributed by atoms with Crippen LogP contribution in [-0.2, 0) is 0 Å². The van der Waals surface area contributed by atoms with Crippen LogP contribution in [0.3, 0.4) is 0 Å². The molecule has 0 aliphatic heterocycles. The van der Waals surface area contributed by atoms with Crippen LogP contribution < -0.4 is 10.6 Å². The van der Waals surface area contributed by atoms with Gasteiger partial charge >= 0.3 is 6.03 Å². The van der Waals surface area contributed by atoms with E-state index in [0.717, 1.165) is 25.7 Å². The summed E-state index contributed by atoms with van der Waals surface area (Å²) in [6.07, 6.45) is 3.45. The van der Waals surface area contributed by atoms with Gasteiger partial charge < -0.3 is 15.7 Å². The lowest BCUT2D eigenvalue weighted by Gasteiger charge is -2.22. The van der Waals surface area contributed by atoms with Crippen molar-refractivity contribution in [2.75, 3.05) is 11.9 Å². The van der Waals surface area contributed by atoms with Crippen LogP contribution in [0.1, 0.15) is 25.7 Å². The summed E-state index contributed by atoms with van der Waals surface area (Å²) in [5, 5.41) is 16.1. The number of hydrogen-bond donors (Lipinski definition) is 3. The van der Waals surface area contributed by atoms with E-state index in [4.69, 9.17) is 23.2 Å². The van der Waals surface area contributed by atoms with Gasteiger partial charge in [-0.25, -0.2) is 4.79 Å². The van der Waals surface area contributed by atoms with Gasteiger partial charge in [0.1, 0.15) is 0 Å². The number of urea groups is 1. The maximum Gasteiger partial charge on any atom is 0.319 e. The number of benzene rings is 1. The van der Waals surface area contributed by atoms with Gasteiger partial charge in [-0.15, -0.1) is 0 Å². The van der Waals surface area contributed by atoms with Gasteiger partial charge in [0, 0.05) is 6.54 Å². The van der Waals surface area contributed by atoms with Gasteiger partial charge in [-0.05, 0) is 25.0 Å². The normalized spacial score (nSPS) is 17.2. The fourth-order valence-electron chi connectivity index (χ4n) is 2.22. The second kappa shape index (κ2) is 5.99. The number of anilines is 1. The molecule has 0 spiro atoms. The van der Waals surface area contributed by atoms with Crippen molar-refractivity contribution < 1.29 is 9.90 Å². The van der Waals surface area contributed by atoms with Crippen molar-refractivity contribution in [3.8, 4) is 0 Å². The Hall–Kier alpha value is -0.970. The second-order valence-electron chi connectivity index (χ2n) is 4.84. The molecule has 104 valence electrons. The number of hydrogen-bond acceptors (Lipinski definition) is 2. The number of carbonyl (C=O) groups is 1. The first-order chi connectivity index (χ1) is 9.00. The predicted molar refractivity (Wildman–Crippen MR) is 76.9 cm³/mol. The summed E-state index contributed by atoms with van der Waals surface area (Å²) in [5.74, 6) is 0. The number of carbonyl (C=O) groups excluding carboxylic acids is 1. The molecule has 4 nitrogen and oxygen atoms in total. The zero-order chi connectivity index (χ0) is 13.9. The number of nitrogens with one attached hydrogen (secondary N) is 2. The Morgan fingerprint density at radius 1 is 1.32 bits per heavy atom. The smallest absolute Gasteiger partial charge is 0.319 e. The lowest BCUT2D eigenvalue weighted by atomic mass is 10.0. The summed E-state index contributed by atoms with van der Waals surface area (Å²) in [6.45, 7) is 0.247. The first-order valence-electron chi connectivity index (χ1n) is 6.21. The Labute approximate surface area is 122 Å². The standard InChI is InChI=1S/C13H16Cl2N2O2/c14-9-4-3-5-10(11(9)15)17-12(18)16-8-13(19)6-1-2-7-13/h3-5,19H,1-2,6-8H2,(H2,16,17,18). The minimum Gasteiger partial charge on any atom is -0.388 e. The highest BCUT2D eigenvalue weighted by molar-refractivity contribution is 6.43. The molecule has 0 heterocycles. The largest absolute Gasteiger partial charge is 0.388 e. The van der Waals surface area contributed by atoms with Crippen LogP contribution in [-0.4, -0.2) is 23.3 Å². The topological polar surface area (TPSA) is 61.4 Å². The molecular weight excluding hydrogens is 287 g/mol. The van der Waals surface area contributed by atoms with Gasteiger partial charge in [-0.2, -0.15) is 0 Å². The van der Waals surface area contributed by atoms with Crippen molar-refractivity contribution in [1.29, 1.82) is 0 Å². The summed E-state index contributed by atoms with van der Waals surface area (Å²) < 4.78 is 0. The van der Waals surface area contributed by atoms with E-state index in [-0.39, 0.29) is 6.54 Å². The van der Waals surface area contributed by atoms with Crippen molar-refractivity contribution >= 4 is 34.9 Å². The maximum absolute atomic E-state index is 11.7. The van der Waals surface area contributed by atoms with Gasteiger partial charge in [0.2, 0.25) is 0 Å². The molecule has 2 rings (SSSR count). The maximum atomic E-state index is 11.7. The number of aliphatic hydroxyl groups is 1. The van der Waals surface area contributed by atoms with Gasteiger partial charge in [0.25, 0.3) is 0 Å². The van der Waals surface area contributed by atoms with Crippen molar-refractivity contribution in [2.24, 2.45) is 0 Å². The lowest BCUT2D eigenvalue weighted by molar-refractivity contribution is 0.0506. The number of halogens is 2. The van der Waals surface area contributed by atoms with Crippen LogP contribution in [0.4, 0.5) is 10.5 Å². The summed E-state index contributed by atoms with van der Waals surface area (Å²) in [6, 6.07) is 4.62. The van der Waals surface area contributed by atoms with Gasteiger partial charge in [0.15, 0.2) is 0 Å². The van der Waals surface area contributed by atoms with E-state index in [1.165, 1.54) is 0 Å². The molecule has 6 heteroatoms. The Bertz CT molecular complexity index is 474. The fraction of sp³-hybridized carbons (Fsp3) is 0.462. The first-order valence-corrected chi connectivity index (χ1v) is 6.97. The zero-order valence-corrected chi connectivity index (χ0v) is 11.9. The second-order valence-corrected chi connectivity index (χ2v) is 5.63. The highest BCUT2D eigenvalue weighted by Crippen LogP contribution is 2.30. The molecule has 19 heavy (non-hydrogen) atoms. The molecule has 2 amide bonds. The number of amides is 2. The molecule has 1 aromatic rings. The minimum atomic E-state index is -0.768. The average molecular weight is 303 g/mol. The Morgan fingerprint density at radius 3 is 2.68 bits per heavy atom. The quantitative estimate of drug-likeness (QED) is 0.801. The van der Waals surface area contributed by atoms with Crippen LogP contribution >= 0.6 is 23.2 Å². The lowest BCUT2D eigenvalue weighted by Crippen LogP contribution is -2.42. The molecule has 1 aromatic carbocycles. The molecule has 0 radical (unpaired) electrons. The van der Waals surface area contributed by atoms with E-state index in [1.807, 2.05) is 0 Å². The van der Waals surface area contributed by atoms with Gasteiger partial charge in [0.05, 0.1) is 21.3 Å². The monoisotopic (exact) mass is 302 g/mol. The molecule has 0 atom stereocenters. The Morgan fingerprint density at radius 2 is 2.00 bits per heavy atom. The molecule has 1 aliphatic rings. The summed E-state index contributed by atoms with van der Waals surface area (Å²) in [5.41, 5.74) is -0.319. The molecular formula is C13H16Cl2N2O2. The van der Waals surface area contributed by atoms with Crippen molar-refractivity contribution in [2.45, 2.75) is 31.3 Å². The van der Waals surface area contributed by atoms with Gasteiger partial charge in [-0.1, -0.05) is 42.1 Å². The van der Waals surface area contributed by atoms with Crippen LogP contribution in [0, 0.1) is 0 Å². The summed E-state index contributed by atoms with van der Waals surface area (Å²) >= 11 is 11.8. The third-order valence-electron chi connectivity index (χ3n) is 3.31. The third-order valence-corrected chi connectivity index (χ3v) is 4.13. The highest BCUT2D eigenvalue weighted by Gasteiger charge is 2.31. The summed E-state index contributed by atoms with van der Waals surface area (Å²) in [4.78, 5) is 11.7. The minimum absolute atomic E-state index is 0.247. The molecule has 0 bridgehead atoms. The van der Waals surface area contributed by atoms with E-state index in [0.29, 0.717) is 15.7 Å². The zero-order valence-electron chi connectivity index (χ0n) is 10.4. The molecule has 0 aromatic heterocycles. The summed E-state index contributed by atoms with van der Waals surface area (Å²) in [7, 11) is 0. The highest BCUT2D eigenvalue weighted by atomic mass is 35.5. The van der Waals surface area contributed by atoms with Crippen LogP contribution in [0.2, 0.25) is 10.0 Å². The third kappa shape index (κ3) is 3.75. The Balaban J connectivity index is 1.89. The van der Waals surface area contributed by atoms with E-state index in [2.05, 4.69) is 10.6 Å². The van der Waals surface area contributed by atoms with Crippen molar-refractivity contribution in [3.63, 3.8) is 0 Å². The van der Waals surface area contributed by atoms with E-state index in [9.17, 15) is 9.90 Å². The van der Waals surface area contributed by atoms with E-state index >= 15 is 0 Å². The van der Waals surface area contributed by atoms with Crippen molar-refractivity contribution in [1.82, 2.24) is 5.32 Å². The first kappa shape index (κ1) is 14.4. The number of rotatable bonds is 3. The van der Waals surface area contributed by atoms with Gasteiger partial charge in [-0.3, -0.25) is 0 Å². The molecule has 3 N–H and O–H groups in total. The van der Waals surface area contributed by atoms with Crippen molar-refractivity contribution in [3.05, 3.63) is 28.2 Å².